The number of phenols is 1. The molecule has 22 heavy (non-hydrogen) atoms. The number of fused-ring (bicyclic) bond motifs is 1. The lowest BCUT2D eigenvalue weighted by molar-refractivity contribution is 0.476. The van der Waals surface area contributed by atoms with E-state index in [1.54, 1.807) is 19.1 Å². The highest BCUT2D eigenvalue weighted by Crippen LogP contribution is 2.28. The summed E-state index contributed by atoms with van der Waals surface area (Å²) in [6.45, 7) is 7.35. The van der Waals surface area contributed by atoms with Crippen molar-refractivity contribution < 1.29 is 9.32 Å². The first-order valence-electron chi connectivity index (χ1n) is 6.83. The van der Waals surface area contributed by atoms with Gasteiger partial charge in [-0.3, -0.25) is 4.79 Å². The van der Waals surface area contributed by atoms with Crippen LogP contribution in [0.5, 0.6) is 5.75 Å². The Morgan fingerprint density at radius 2 is 1.95 bits per heavy atom. The van der Waals surface area contributed by atoms with Crippen molar-refractivity contribution in [3.05, 3.63) is 39.1 Å². The summed E-state index contributed by atoms with van der Waals surface area (Å²) in [6.07, 6.45) is 0. The topological polar surface area (TPSA) is 82.2 Å². The zero-order valence-corrected chi connectivity index (χ0v) is 14.4. The lowest BCUT2D eigenvalue weighted by Crippen LogP contribution is -2.36. The highest BCUT2D eigenvalue weighted by atomic mass is 35.5. The minimum absolute atomic E-state index is 0.0856. The van der Waals surface area contributed by atoms with Crippen molar-refractivity contribution in [2.75, 3.05) is 0 Å². The van der Waals surface area contributed by atoms with E-state index in [1.165, 1.54) is 6.07 Å². The van der Waals surface area contributed by atoms with Gasteiger partial charge in [-0.1, -0.05) is 11.6 Å². The van der Waals surface area contributed by atoms with Gasteiger partial charge in [-0.15, -0.1) is 0 Å². The molecular weight excluding hydrogens is 324 g/mol. The Labute approximate surface area is 136 Å². The van der Waals surface area contributed by atoms with E-state index in [2.05, 4.69) is 9.71 Å². The molecule has 3 N–H and O–H groups in total. The maximum Gasteiger partial charge on any atom is 0.253 e. The summed E-state index contributed by atoms with van der Waals surface area (Å²) in [4.78, 5) is 14.9. The van der Waals surface area contributed by atoms with Crippen LogP contribution >= 0.6 is 11.6 Å². The average molecular weight is 343 g/mol. The molecule has 7 heteroatoms. The molecule has 0 fully saturated rings. The Kier molecular flexibility index (Phi) is 4.65. The van der Waals surface area contributed by atoms with Gasteiger partial charge in [0.05, 0.1) is 26.3 Å². The van der Waals surface area contributed by atoms with Gasteiger partial charge in [0, 0.05) is 23.1 Å². The van der Waals surface area contributed by atoms with Crippen LogP contribution in [0.2, 0.25) is 5.02 Å². The van der Waals surface area contributed by atoms with Crippen LogP contribution in [0.15, 0.2) is 23.0 Å². The van der Waals surface area contributed by atoms with Crippen molar-refractivity contribution in [2.24, 2.45) is 0 Å². The van der Waals surface area contributed by atoms with Crippen LogP contribution in [0.25, 0.3) is 10.9 Å². The van der Waals surface area contributed by atoms with E-state index in [1.807, 2.05) is 20.8 Å². The minimum Gasteiger partial charge on any atom is -0.506 e. The highest BCUT2D eigenvalue weighted by Gasteiger charge is 2.23. The van der Waals surface area contributed by atoms with Gasteiger partial charge in [-0.2, -0.15) is 0 Å². The van der Waals surface area contributed by atoms with Crippen molar-refractivity contribution in [1.82, 2.24) is 9.71 Å². The highest BCUT2D eigenvalue weighted by molar-refractivity contribution is 7.84. The van der Waals surface area contributed by atoms with E-state index in [0.29, 0.717) is 16.5 Å². The molecule has 0 saturated carbocycles. The summed E-state index contributed by atoms with van der Waals surface area (Å²) in [5, 5.41) is 10.5. The van der Waals surface area contributed by atoms with Gasteiger partial charge >= 0.3 is 0 Å². The fraction of sp³-hybridized carbons (Fsp3) is 0.400. The second-order valence-electron chi connectivity index (χ2n) is 6.17. The number of pyridine rings is 1. The summed E-state index contributed by atoms with van der Waals surface area (Å²) >= 11 is 5.90. The van der Waals surface area contributed by atoms with Gasteiger partial charge in [-0.25, -0.2) is 8.93 Å². The summed E-state index contributed by atoms with van der Waals surface area (Å²) in [6, 6.07) is 4.30. The van der Waals surface area contributed by atoms with Crippen molar-refractivity contribution in [3.8, 4) is 5.75 Å². The van der Waals surface area contributed by atoms with Gasteiger partial charge in [0.25, 0.3) is 5.56 Å². The smallest absolute Gasteiger partial charge is 0.253 e. The summed E-state index contributed by atoms with van der Waals surface area (Å²) in [7, 11) is -1.29. The first-order valence-corrected chi connectivity index (χ1v) is 8.36. The number of rotatable bonds is 3. The average Bonchev–Trinajstić information content (AvgIpc) is 2.38. The third kappa shape index (κ3) is 3.51. The molecule has 0 spiro atoms. The van der Waals surface area contributed by atoms with Crippen LogP contribution < -0.4 is 10.3 Å². The number of phenolic OH excluding ortho intramolecular Hbond substituents is 1. The number of aromatic hydroxyl groups is 1. The molecule has 0 aliphatic carbocycles. The standard InChI is InChI=1S/C15H19ClN2O3S/c1-8(18-22(21)15(2,3)4)10-5-9-6-11(16)13(19)7-12(9)17-14(10)20/h5-8,18-19H,1-4H3,(H,17,20). The molecule has 2 rings (SSSR count). The quantitative estimate of drug-likeness (QED) is 0.801. The van der Waals surface area contributed by atoms with Crippen LogP contribution in [0, 0.1) is 0 Å². The summed E-state index contributed by atoms with van der Waals surface area (Å²) < 4.78 is 14.7. The van der Waals surface area contributed by atoms with Crippen molar-refractivity contribution in [3.63, 3.8) is 0 Å². The zero-order chi connectivity index (χ0) is 16.7. The molecule has 5 nitrogen and oxygen atoms in total. The Morgan fingerprint density at radius 3 is 2.55 bits per heavy atom. The van der Waals surface area contributed by atoms with E-state index in [4.69, 9.17) is 11.6 Å². The number of nitrogens with one attached hydrogen (secondary N) is 2. The number of aromatic nitrogens is 1. The molecule has 0 amide bonds. The second kappa shape index (κ2) is 6.02. The van der Waals surface area contributed by atoms with Crippen molar-refractivity contribution in [1.29, 1.82) is 0 Å². The van der Waals surface area contributed by atoms with Gasteiger partial charge in [-0.05, 0) is 39.8 Å². The van der Waals surface area contributed by atoms with Crippen molar-refractivity contribution in [2.45, 2.75) is 38.5 Å². The van der Waals surface area contributed by atoms with E-state index in [0.717, 1.165) is 0 Å². The zero-order valence-electron chi connectivity index (χ0n) is 12.9. The second-order valence-corrected chi connectivity index (χ2v) is 8.57. The van der Waals surface area contributed by atoms with Crippen LogP contribution in [0.1, 0.15) is 39.3 Å². The Bertz CT molecular complexity index is 796. The molecule has 2 aromatic rings. The molecule has 0 aliphatic heterocycles. The van der Waals surface area contributed by atoms with Crippen LogP contribution in [0.4, 0.5) is 0 Å². The van der Waals surface area contributed by atoms with Gasteiger partial charge in [0.2, 0.25) is 0 Å². The molecule has 1 aromatic heterocycles. The number of H-pyrrole nitrogens is 1. The molecule has 120 valence electrons. The maximum atomic E-state index is 12.2. The summed E-state index contributed by atoms with van der Waals surface area (Å²) in [5.41, 5.74) is 0.673. The van der Waals surface area contributed by atoms with E-state index in [-0.39, 0.29) is 22.4 Å². The third-order valence-corrected chi connectivity index (χ3v) is 5.23. The van der Waals surface area contributed by atoms with Gasteiger partial charge in [0.1, 0.15) is 5.75 Å². The van der Waals surface area contributed by atoms with E-state index in [9.17, 15) is 14.1 Å². The van der Waals surface area contributed by atoms with E-state index < -0.39 is 15.7 Å². The fourth-order valence-corrected chi connectivity index (χ4v) is 2.93. The number of halogens is 1. The van der Waals surface area contributed by atoms with Crippen molar-refractivity contribution >= 4 is 33.5 Å². The van der Waals surface area contributed by atoms with E-state index >= 15 is 0 Å². The molecule has 1 heterocycles. The molecule has 0 saturated heterocycles. The molecule has 0 radical (unpaired) electrons. The van der Waals surface area contributed by atoms with Crippen LogP contribution in [0.3, 0.4) is 0 Å². The lowest BCUT2D eigenvalue weighted by Gasteiger charge is -2.22. The minimum atomic E-state index is -1.29. The molecule has 2 atom stereocenters. The normalized spacial score (nSPS) is 15.0. The Hall–Kier alpha value is -1.37. The first kappa shape index (κ1) is 17.0. The van der Waals surface area contributed by atoms with Gasteiger partial charge in [0.15, 0.2) is 0 Å². The van der Waals surface area contributed by atoms with Crippen LogP contribution in [-0.4, -0.2) is 19.0 Å². The largest absolute Gasteiger partial charge is 0.506 e. The number of benzene rings is 1. The predicted octanol–water partition coefficient (Wildman–Crippen LogP) is 3.00. The molecular formula is C15H19ClN2O3S. The first-order chi connectivity index (χ1) is 10.1. The third-order valence-electron chi connectivity index (χ3n) is 3.25. The Balaban J connectivity index is 2.43. The van der Waals surface area contributed by atoms with Gasteiger partial charge < -0.3 is 10.1 Å². The number of aromatic amines is 1. The molecule has 0 aliphatic rings. The van der Waals surface area contributed by atoms with Crippen LogP contribution in [-0.2, 0) is 11.0 Å². The number of hydrogen-bond acceptors (Lipinski definition) is 3. The maximum absolute atomic E-state index is 12.2. The summed E-state index contributed by atoms with van der Waals surface area (Å²) in [5.74, 6) is -0.0856. The number of hydrogen-bond donors (Lipinski definition) is 3. The Morgan fingerprint density at radius 1 is 1.32 bits per heavy atom. The SMILES string of the molecule is CC(NS(=O)C(C)(C)C)c1cc2cc(Cl)c(O)cc2[nH]c1=O. The fourth-order valence-electron chi connectivity index (χ4n) is 1.95. The monoisotopic (exact) mass is 342 g/mol. The predicted molar refractivity (Wildman–Crippen MR) is 90.7 cm³/mol. The molecule has 1 aromatic carbocycles. The molecule has 2 unspecified atom stereocenters. The molecule has 0 bridgehead atoms. The lowest BCUT2D eigenvalue weighted by atomic mass is 10.1.